The number of hydrogen-bond acceptors (Lipinski definition) is 4. The number of rotatable bonds is 10. The average Bonchev–Trinajstić information content (AvgIpc) is 3.33. The van der Waals surface area contributed by atoms with E-state index in [1.54, 1.807) is 18.2 Å². The number of carbonyl (C=O) groups excluding carboxylic acids is 2. The number of alkyl halides is 1. The van der Waals surface area contributed by atoms with E-state index in [1.165, 1.54) is 39.0 Å². The predicted molar refractivity (Wildman–Crippen MR) is 180 cm³/mol. The number of nitrogens with zero attached hydrogens (tertiary/aromatic N) is 1. The Hall–Kier alpha value is -2.93. The zero-order valence-corrected chi connectivity index (χ0v) is 27.7. The Morgan fingerprint density at radius 2 is 1.76 bits per heavy atom. The molecule has 46 heavy (non-hydrogen) atoms. The van der Waals surface area contributed by atoms with Gasteiger partial charge in [0.1, 0.15) is 11.9 Å². The molecule has 3 fully saturated rings. The minimum atomic E-state index is -0.989. The molecular weight excluding hydrogens is 579 g/mol. The molecule has 6 unspecified atom stereocenters. The maximum atomic E-state index is 16.1. The summed E-state index contributed by atoms with van der Waals surface area (Å²) in [5.41, 5.74) is 3.13. The van der Waals surface area contributed by atoms with E-state index in [-0.39, 0.29) is 34.8 Å². The molecule has 0 aromatic heterocycles. The van der Waals surface area contributed by atoms with E-state index in [0.717, 1.165) is 69.2 Å². The van der Waals surface area contributed by atoms with Crippen LogP contribution in [0, 0.1) is 29.1 Å². The first-order valence-corrected chi connectivity index (χ1v) is 17.9. The molecule has 3 N–H and O–H groups in total. The molecule has 4 aliphatic rings. The highest BCUT2D eigenvalue weighted by molar-refractivity contribution is 5.95. The summed E-state index contributed by atoms with van der Waals surface area (Å²) >= 11 is 0. The van der Waals surface area contributed by atoms with E-state index in [9.17, 15) is 19.8 Å². The summed E-state index contributed by atoms with van der Waals surface area (Å²) in [4.78, 5) is 27.2. The first-order valence-electron chi connectivity index (χ1n) is 17.9. The van der Waals surface area contributed by atoms with Crippen molar-refractivity contribution < 1.29 is 24.2 Å². The second kappa shape index (κ2) is 14.0. The number of halogens is 1. The number of fused-ring (bicyclic) bond motifs is 5. The van der Waals surface area contributed by atoms with Gasteiger partial charge in [-0.3, -0.25) is 9.59 Å². The van der Waals surface area contributed by atoms with Gasteiger partial charge in [-0.15, -0.1) is 0 Å². The van der Waals surface area contributed by atoms with Gasteiger partial charge in [-0.05, 0) is 128 Å². The van der Waals surface area contributed by atoms with Crippen molar-refractivity contribution in [1.29, 1.82) is 0 Å². The van der Waals surface area contributed by atoms with Crippen LogP contribution in [0.4, 0.5) is 10.1 Å². The van der Waals surface area contributed by atoms with Gasteiger partial charge >= 0.3 is 0 Å². The lowest BCUT2D eigenvalue weighted by Gasteiger charge is -2.54. The Bertz CT molecular complexity index is 1370. The number of phenols is 1. The third-order valence-electron chi connectivity index (χ3n) is 12.2. The number of hydrogen-bond donors (Lipinski definition) is 3. The zero-order valence-electron chi connectivity index (χ0n) is 27.7. The molecule has 0 radical (unpaired) electrons. The number of unbranched alkanes of at least 4 members (excludes halogenated alkanes) is 2. The SMILES string of the molecule is CC(=O)Nc1ccc(C(=O)N(CCCCCC2Cc3cc(O)ccc3C3C(F)C[C@]4(C)C(O)CCC4C23)CC2CCCCC2)cc1. The number of aliphatic hydroxyl groups excluding tert-OH is 1. The number of anilines is 1. The fourth-order valence-corrected chi connectivity index (χ4v) is 9.96. The van der Waals surface area contributed by atoms with Crippen molar-refractivity contribution in [1.82, 2.24) is 4.90 Å². The van der Waals surface area contributed by atoms with E-state index in [0.29, 0.717) is 35.4 Å². The number of aromatic hydroxyl groups is 1. The minimum Gasteiger partial charge on any atom is -0.508 e. The van der Waals surface area contributed by atoms with Gasteiger partial charge in [0.2, 0.25) is 5.91 Å². The highest BCUT2D eigenvalue weighted by Crippen LogP contribution is 2.63. The van der Waals surface area contributed by atoms with Crippen LogP contribution in [0.15, 0.2) is 42.5 Å². The molecule has 4 aliphatic carbocycles. The second-order valence-corrected chi connectivity index (χ2v) is 15.2. The van der Waals surface area contributed by atoms with Crippen LogP contribution in [-0.4, -0.2) is 52.3 Å². The molecule has 0 aliphatic heterocycles. The number of phenolic OH excluding ortho intramolecular Hbond substituents is 1. The molecule has 2 aromatic carbocycles. The third kappa shape index (κ3) is 6.86. The van der Waals surface area contributed by atoms with Crippen molar-refractivity contribution in [3.05, 3.63) is 59.2 Å². The molecule has 6 rings (SSSR count). The maximum absolute atomic E-state index is 16.1. The lowest BCUT2D eigenvalue weighted by atomic mass is 9.51. The van der Waals surface area contributed by atoms with E-state index >= 15 is 4.39 Å². The van der Waals surface area contributed by atoms with Gasteiger partial charge in [0, 0.05) is 37.2 Å². The fraction of sp³-hybridized carbons (Fsp3) is 0.641. The minimum absolute atomic E-state index is 0.0572. The number of amides is 2. The normalized spacial score (nSPS) is 30.6. The number of nitrogens with one attached hydrogen (secondary N) is 1. The van der Waals surface area contributed by atoms with Crippen LogP contribution in [-0.2, 0) is 11.2 Å². The summed E-state index contributed by atoms with van der Waals surface area (Å²) in [5, 5.41) is 24.0. The topological polar surface area (TPSA) is 89.9 Å². The van der Waals surface area contributed by atoms with Crippen LogP contribution >= 0.6 is 0 Å². The molecule has 0 bridgehead atoms. The van der Waals surface area contributed by atoms with Gasteiger partial charge in [-0.2, -0.15) is 0 Å². The second-order valence-electron chi connectivity index (χ2n) is 15.2. The van der Waals surface area contributed by atoms with Crippen molar-refractivity contribution in [3.63, 3.8) is 0 Å². The monoisotopic (exact) mass is 632 g/mol. The van der Waals surface area contributed by atoms with Crippen LogP contribution in [0.1, 0.15) is 118 Å². The lowest BCUT2D eigenvalue weighted by Crippen LogP contribution is -2.51. The van der Waals surface area contributed by atoms with Crippen molar-refractivity contribution >= 4 is 17.5 Å². The molecule has 2 amide bonds. The van der Waals surface area contributed by atoms with Crippen molar-refractivity contribution in [2.45, 2.75) is 116 Å². The highest BCUT2D eigenvalue weighted by atomic mass is 19.1. The molecule has 0 saturated heterocycles. The molecule has 0 spiro atoms. The van der Waals surface area contributed by atoms with E-state index in [4.69, 9.17) is 0 Å². The Morgan fingerprint density at radius 3 is 2.50 bits per heavy atom. The standard InChI is InChI=1S/C39H53FN2O4/c1-25(43)41-30-14-12-27(13-15-30)38(46)42(24-26-9-5-3-6-10-26)20-8-4-7-11-28-21-29-22-31(44)16-17-32(29)37-34(40)23-39(2)33(36(28)37)18-19-35(39)45/h12-17,22,26,28,33-37,44-45H,3-11,18-21,23-24H2,1-2H3,(H,41,43)/t28?,33?,34?,35?,36?,37?,39-/m0/s1. The fourth-order valence-electron chi connectivity index (χ4n) is 9.96. The van der Waals surface area contributed by atoms with Gasteiger partial charge in [0.05, 0.1) is 6.10 Å². The summed E-state index contributed by atoms with van der Waals surface area (Å²) in [7, 11) is 0. The summed E-state index contributed by atoms with van der Waals surface area (Å²) in [6, 6.07) is 12.7. The molecule has 6 nitrogen and oxygen atoms in total. The third-order valence-corrected chi connectivity index (χ3v) is 12.2. The Labute approximate surface area is 274 Å². The predicted octanol–water partition coefficient (Wildman–Crippen LogP) is 8.02. The smallest absolute Gasteiger partial charge is 0.253 e. The molecule has 2 aromatic rings. The maximum Gasteiger partial charge on any atom is 0.253 e. The Balaban J connectivity index is 1.11. The lowest BCUT2D eigenvalue weighted by molar-refractivity contribution is -0.114. The van der Waals surface area contributed by atoms with Crippen LogP contribution < -0.4 is 5.32 Å². The zero-order chi connectivity index (χ0) is 32.4. The molecule has 0 heterocycles. The molecule has 7 atom stereocenters. The number of benzene rings is 2. The largest absolute Gasteiger partial charge is 0.508 e. The summed E-state index contributed by atoms with van der Waals surface area (Å²) in [5.74, 6) is 1.38. The van der Waals surface area contributed by atoms with Gasteiger partial charge in [0.25, 0.3) is 5.91 Å². The van der Waals surface area contributed by atoms with Crippen LogP contribution in [0.2, 0.25) is 0 Å². The van der Waals surface area contributed by atoms with Gasteiger partial charge in [-0.1, -0.05) is 45.1 Å². The van der Waals surface area contributed by atoms with Gasteiger partial charge < -0.3 is 20.4 Å². The molecule has 3 saturated carbocycles. The molecular formula is C39H53FN2O4. The van der Waals surface area contributed by atoms with Crippen molar-refractivity contribution in [2.24, 2.45) is 29.1 Å². The first kappa shape index (κ1) is 33.0. The Kier molecular flexibility index (Phi) is 10.1. The van der Waals surface area contributed by atoms with Gasteiger partial charge in [0.15, 0.2) is 0 Å². The number of carbonyl (C=O) groups is 2. The Morgan fingerprint density at radius 1 is 1.00 bits per heavy atom. The van der Waals surface area contributed by atoms with E-state index in [2.05, 4.69) is 17.1 Å². The van der Waals surface area contributed by atoms with Crippen molar-refractivity contribution in [3.8, 4) is 5.75 Å². The highest BCUT2D eigenvalue weighted by Gasteiger charge is 2.59. The van der Waals surface area contributed by atoms with Crippen LogP contribution in [0.5, 0.6) is 5.75 Å². The molecule has 250 valence electrons. The summed E-state index contributed by atoms with van der Waals surface area (Å²) < 4.78 is 16.1. The van der Waals surface area contributed by atoms with Gasteiger partial charge in [-0.25, -0.2) is 4.39 Å². The quantitative estimate of drug-likeness (QED) is 0.232. The average molecular weight is 633 g/mol. The van der Waals surface area contributed by atoms with E-state index in [1.807, 2.05) is 24.3 Å². The van der Waals surface area contributed by atoms with Crippen molar-refractivity contribution in [2.75, 3.05) is 18.4 Å². The van der Waals surface area contributed by atoms with Crippen LogP contribution in [0.3, 0.4) is 0 Å². The summed E-state index contributed by atoms with van der Waals surface area (Å²) in [6.45, 7) is 5.10. The number of aliphatic hydroxyl groups is 1. The van der Waals surface area contributed by atoms with Crippen LogP contribution in [0.25, 0.3) is 0 Å². The summed E-state index contributed by atoms with van der Waals surface area (Å²) in [6.07, 6.45) is 11.6. The molecule has 7 heteroatoms. The van der Waals surface area contributed by atoms with E-state index < -0.39 is 12.3 Å². The first-order chi connectivity index (χ1) is 22.1.